The van der Waals surface area contributed by atoms with E-state index in [2.05, 4.69) is 10.3 Å². The summed E-state index contributed by atoms with van der Waals surface area (Å²) in [5.74, 6) is 2.48. The molecule has 1 aromatic carbocycles. The Hall–Kier alpha value is -3.49. The Labute approximate surface area is 180 Å². The Morgan fingerprint density at radius 3 is 2.48 bits per heavy atom. The molecule has 3 aromatic rings. The number of imidazole rings is 1. The van der Waals surface area contributed by atoms with Crippen LogP contribution in [0.25, 0.3) is 22.3 Å². The number of amides is 1. The fraction of sp³-hybridized carbons (Fsp3) is 0.409. The van der Waals surface area contributed by atoms with Crippen LogP contribution in [-0.4, -0.2) is 54.9 Å². The fourth-order valence-electron chi connectivity index (χ4n) is 3.81. The Bertz CT molecular complexity index is 1090. The molecule has 0 radical (unpaired) electrons. The molecular formula is C22H26N4O5. The number of methoxy groups -OCH3 is 3. The van der Waals surface area contributed by atoms with E-state index in [1.165, 1.54) is 0 Å². The summed E-state index contributed by atoms with van der Waals surface area (Å²) in [6.45, 7) is 1.16. The van der Waals surface area contributed by atoms with Gasteiger partial charge < -0.3 is 28.8 Å². The highest BCUT2D eigenvalue weighted by Crippen LogP contribution is 2.41. The minimum atomic E-state index is 0.0987. The smallest absolute Gasteiger partial charge is 0.240 e. The number of hydrogen-bond acceptors (Lipinski definition) is 7. The minimum Gasteiger partial charge on any atom is -0.493 e. The second kappa shape index (κ2) is 8.71. The molecule has 1 aliphatic rings. The van der Waals surface area contributed by atoms with Crippen molar-refractivity contribution in [3.63, 3.8) is 0 Å². The lowest BCUT2D eigenvalue weighted by Crippen LogP contribution is -2.14. The van der Waals surface area contributed by atoms with E-state index in [9.17, 15) is 4.79 Å². The molecule has 4 rings (SSSR count). The molecule has 164 valence electrons. The molecule has 1 atom stereocenters. The number of carbonyl (C=O) groups excluding carboxylic acids is 1. The lowest BCUT2D eigenvalue weighted by atomic mass is 10.1. The summed E-state index contributed by atoms with van der Waals surface area (Å²) in [4.78, 5) is 20.7. The number of carbonyl (C=O) groups is 1. The normalized spacial score (nSPS) is 15.7. The molecular weight excluding hydrogens is 400 g/mol. The van der Waals surface area contributed by atoms with Crippen LogP contribution < -0.4 is 24.3 Å². The number of pyridine rings is 1. The molecule has 0 aliphatic carbocycles. The summed E-state index contributed by atoms with van der Waals surface area (Å²) in [5, 5.41) is 2.86. The van der Waals surface area contributed by atoms with Crippen LogP contribution in [0.3, 0.4) is 0 Å². The van der Waals surface area contributed by atoms with E-state index in [1.807, 2.05) is 29.8 Å². The highest BCUT2D eigenvalue weighted by atomic mass is 16.5. The average molecular weight is 426 g/mol. The zero-order valence-corrected chi connectivity index (χ0v) is 18.1. The topological polar surface area (TPSA) is 96.7 Å². The summed E-state index contributed by atoms with van der Waals surface area (Å²) >= 11 is 0. The van der Waals surface area contributed by atoms with Gasteiger partial charge in [-0.05, 0) is 30.5 Å². The molecule has 1 N–H and O–H groups in total. The van der Waals surface area contributed by atoms with Crippen molar-refractivity contribution in [1.29, 1.82) is 0 Å². The van der Waals surface area contributed by atoms with E-state index in [0.717, 1.165) is 23.0 Å². The number of hydrogen-bond donors (Lipinski definition) is 1. The summed E-state index contributed by atoms with van der Waals surface area (Å²) in [5.41, 5.74) is 3.06. The maximum absolute atomic E-state index is 11.4. The van der Waals surface area contributed by atoms with E-state index in [1.54, 1.807) is 27.7 Å². The van der Waals surface area contributed by atoms with Gasteiger partial charge >= 0.3 is 0 Å². The van der Waals surface area contributed by atoms with E-state index in [4.69, 9.17) is 23.9 Å². The second-order valence-corrected chi connectivity index (χ2v) is 7.46. The minimum absolute atomic E-state index is 0.0987. The molecule has 1 amide bonds. The molecule has 0 unspecified atom stereocenters. The van der Waals surface area contributed by atoms with Crippen molar-refractivity contribution in [2.24, 2.45) is 13.0 Å². The van der Waals surface area contributed by atoms with Crippen LogP contribution in [-0.2, 0) is 11.8 Å². The molecule has 0 saturated carbocycles. The van der Waals surface area contributed by atoms with Gasteiger partial charge in [0.25, 0.3) is 0 Å². The Morgan fingerprint density at radius 2 is 1.87 bits per heavy atom. The third-order valence-electron chi connectivity index (χ3n) is 5.45. The molecule has 2 aromatic heterocycles. The summed E-state index contributed by atoms with van der Waals surface area (Å²) in [7, 11) is 6.63. The van der Waals surface area contributed by atoms with Crippen molar-refractivity contribution in [3.8, 4) is 34.4 Å². The lowest BCUT2D eigenvalue weighted by molar-refractivity contribution is -0.119. The number of nitrogens with one attached hydrogen (secondary N) is 1. The van der Waals surface area contributed by atoms with Crippen LogP contribution in [0.15, 0.2) is 24.5 Å². The van der Waals surface area contributed by atoms with Gasteiger partial charge in [0.1, 0.15) is 5.52 Å². The first-order valence-electron chi connectivity index (χ1n) is 10.1. The third-order valence-corrected chi connectivity index (χ3v) is 5.45. The van der Waals surface area contributed by atoms with E-state index in [0.29, 0.717) is 48.4 Å². The van der Waals surface area contributed by atoms with Crippen LogP contribution in [0.2, 0.25) is 0 Å². The number of ether oxygens (including phenoxy) is 4. The average Bonchev–Trinajstić information content (AvgIpc) is 3.37. The molecule has 1 aliphatic heterocycles. The first kappa shape index (κ1) is 20.8. The highest BCUT2D eigenvalue weighted by Gasteiger charge is 2.22. The number of aromatic nitrogens is 3. The number of rotatable bonds is 8. The zero-order valence-electron chi connectivity index (χ0n) is 18.1. The van der Waals surface area contributed by atoms with E-state index in [-0.39, 0.29) is 11.8 Å². The first-order valence-corrected chi connectivity index (χ1v) is 10.1. The molecule has 0 bridgehead atoms. The van der Waals surface area contributed by atoms with Crippen molar-refractivity contribution >= 4 is 16.9 Å². The van der Waals surface area contributed by atoms with Crippen LogP contribution in [0.5, 0.6) is 23.1 Å². The molecule has 3 heterocycles. The van der Waals surface area contributed by atoms with E-state index < -0.39 is 0 Å². The van der Waals surface area contributed by atoms with Gasteiger partial charge in [-0.1, -0.05) is 0 Å². The van der Waals surface area contributed by atoms with Gasteiger partial charge in [0.2, 0.25) is 17.5 Å². The van der Waals surface area contributed by atoms with E-state index >= 15 is 0 Å². The van der Waals surface area contributed by atoms with Gasteiger partial charge in [0.05, 0.1) is 45.5 Å². The summed E-state index contributed by atoms with van der Waals surface area (Å²) in [6.07, 6.45) is 3.05. The van der Waals surface area contributed by atoms with Gasteiger partial charge in [-0.2, -0.15) is 0 Å². The Morgan fingerprint density at radius 1 is 1.13 bits per heavy atom. The molecule has 1 saturated heterocycles. The standard InChI is InChI=1S/C22H26N4O5/c1-26-12-24-16-10-15(14-8-17(28-2)21(30-4)18(9-14)29-3)25-22(20(16)26)31-6-5-13-7-19(27)23-11-13/h8-10,12-13H,5-7,11H2,1-4H3,(H,23,27)/t13-/m1/s1. The summed E-state index contributed by atoms with van der Waals surface area (Å²) in [6, 6.07) is 5.60. The largest absolute Gasteiger partial charge is 0.493 e. The first-order chi connectivity index (χ1) is 15.0. The van der Waals surface area contributed by atoms with Gasteiger partial charge in [-0.3, -0.25) is 4.79 Å². The van der Waals surface area contributed by atoms with Crippen LogP contribution >= 0.6 is 0 Å². The van der Waals surface area contributed by atoms with Gasteiger partial charge in [0, 0.05) is 25.6 Å². The fourth-order valence-corrected chi connectivity index (χ4v) is 3.81. The Kier molecular flexibility index (Phi) is 5.83. The van der Waals surface area contributed by atoms with Crippen LogP contribution in [0.4, 0.5) is 0 Å². The zero-order chi connectivity index (χ0) is 22.0. The van der Waals surface area contributed by atoms with Crippen LogP contribution in [0.1, 0.15) is 12.8 Å². The monoisotopic (exact) mass is 426 g/mol. The molecule has 0 spiro atoms. The molecule has 9 heteroatoms. The maximum Gasteiger partial charge on any atom is 0.240 e. The van der Waals surface area contributed by atoms with Crippen molar-refractivity contribution < 1.29 is 23.7 Å². The third kappa shape index (κ3) is 4.08. The predicted molar refractivity (Wildman–Crippen MR) is 115 cm³/mol. The number of aryl methyl sites for hydroxylation is 1. The molecule has 9 nitrogen and oxygen atoms in total. The molecule has 1 fully saturated rings. The molecule has 31 heavy (non-hydrogen) atoms. The summed E-state index contributed by atoms with van der Waals surface area (Å²) < 4.78 is 24.3. The SMILES string of the molecule is COc1cc(-c2cc3ncn(C)c3c(OCC[C@H]3CNC(=O)C3)n2)cc(OC)c1OC. The number of benzene rings is 1. The Balaban J connectivity index is 1.68. The second-order valence-electron chi connectivity index (χ2n) is 7.46. The van der Waals surface area contributed by atoms with Gasteiger partial charge in [-0.15, -0.1) is 0 Å². The highest BCUT2D eigenvalue weighted by molar-refractivity contribution is 5.85. The predicted octanol–water partition coefficient (Wildman–Crippen LogP) is 2.57. The quantitative estimate of drug-likeness (QED) is 0.591. The van der Waals surface area contributed by atoms with Gasteiger partial charge in [-0.25, -0.2) is 9.97 Å². The van der Waals surface area contributed by atoms with Crippen LogP contribution in [0, 0.1) is 5.92 Å². The lowest BCUT2D eigenvalue weighted by Gasteiger charge is -2.15. The number of fused-ring (bicyclic) bond motifs is 1. The maximum atomic E-state index is 11.4. The van der Waals surface area contributed by atoms with Crippen molar-refractivity contribution in [3.05, 3.63) is 24.5 Å². The van der Waals surface area contributed by atoms with Gasteiger partial charge in [0.15, 0.2) is 11.5 Å². The van der Waals surface area contributed by atoms with Crippen molar-refractivity contribution in [1.82, 2.24) is 19.9 Å². The number of nitrogens with zero attached hydrogens (tertiary/aromatic N) is 3. The van der Waals surface area contributed by atoms with Crippen molar-refractivity contribution in [2.75, 3.05) is 34.5 Å². The van der Waals surface area contributed by atoms with Crippen molar-refractivity contribution in [2.45, 2.75) is 12.8 Å².